The van der Waals surface area contributed by atoms with Crippen LogP contribution < -0.4 is 5.73 Å². The van der Waals surface area contributed by atoms with E-state index < -0.39 is 11.9 Å². The highest BCUT2D eigenvalue weighted by Gasteiger charge is 2.13. The van der Waals surface area contributed by atoms with Crippen molar-refractivity contribution in [1.82, 2.24) is 0 Å². The standard InChI is InChI=1S/C8H19N.C8H6O4/c1-2-3-4-5-6-7-8-9;9-7(10)5-3-1-2-4-6(5)8(11)12/h2-9H2,1H3;1-4H,(H,9,10)(H,11,12). The molecule has 0 radical (unpaired) electrons. The zero-order valence-electron chi connectivity index (χ0n) is 12.5. The fourth-order valence-electron chi connectivity index (χ4n) is 1.78. The van der Waals surface area contributed by atoms with Gasteiger partial charge in [-0.1, -0.05) is 51.2 Å². The quantitative estimate of drug-likeness (QED) is 0.638. The largest absolute Gasteiger partial charge is 0.478 e. The molecule has 0 heterocycles. The minimum absolute atomic E-state index is 0.190. The van der Waals surface area contributed by atoms with Gasteiger partial charge in [-0.25, -0.2) is 9.59 Å². The lowest BCUT2D eigenvalue weighted by Gasteiger charge is -1.98. The first kappa shape index (κ1) is 19.1. The van der Waals surface area contributed by atoms with E-state index in [1.807, 2.05) is 0 Å². The first-order valence-corrected chi connectivity index (χ1v) is 7.30. The average molecular weight is 295 g/mol. The number of aromatic carboxylic acids is 2. The van der Waals surface area contributed by atoms with Gasteiger partial charge in [-0.05, 0) is 25.1 Å². The zero-order chi connectivity index (χ0) is 16.1. The van der Waals surface area contributed by atoms with Gasteiger partial charge in [0.1, 0.15) is 0 Å². The number of carboxylic acid groups (broad SMARTS) is 2. The minimum atomic E-state index is -1.23. The van der Waals surface area contributed by atoms with E-state index in [1.165, 1.54) is 62.8 Å². The maximum Gasteiger partial charge on any atom is 0.336 e. The molecule has 0 aromatic heterocycles. The van der Waals surface area contributed by atoms with Crippen LogP contribution in [0.1, 0.15) is 66.2 Å². The maximum atomic E-state index is 10.5. The average Bonchev–Trinajstić information content (AvgIpc) is 2.48. The van der Waals surface area contributed by atoms with Crippen molar-refractivity contribution in [3.8, 4) is 0 Å². The van der Waals surface area contributed by atoms with Gasteiger partial charge < -0.3 is 15.9 Å². The number of nitrogens with two attached hydrogens (primary N) is 1. The third kappa shape index (κ3) is 8.81. The van der Waals surface area contributed by atoms with Crippen LogP contribution in [0.4, 0.5) is 0 Å². The second kappa shape index (κ2) is 11.9. The van der Waals surface area contributed by atoms with Crippen LogP contribution in [0.2, 0.25) is 0 Å². The molecule has 0 atom stereocenters. The monoisotopic (exact) mass is 295 g/mol. The Bertz CT molecular complexity index is 393. The van der Waals surface area contributed by atoms with Gasteiger partial charge in [0.15, 0.2) is 0 Å². The summed E-state index contributed by atoms with van der Waals surface area (Å²) in [5.74, 6) is -2.46. The third-order valence-electron chi connectivity index (χ3n) is 2.95. The molecule has 1 aromatic rings. The molecule has 4 N–H and O–H groups in total. The lowest BCUT2D eigenvalue weighted by molar-refractivity contribution is 0.0651. The fourth-order valence-corrected chi connectivity index (χ4v) is 1.78. The summed E-state index contributed by atoms with van der Waals surface area (Å²) in [6, 6.07) is 5.48. The molecule has 0 aliphatic carbocycles. The van der Waals surface area contributed by atoms with Crippen molar-refractivity contribution in [3.05, 3.63) is 35.4 Å². The van der Waals surface area contributed by atoms with Crippen molar-refractivity contribution in [1.29, 1.82) is 0 Å². The topological polar surface area (TPSA) is 101 Å². The first-order chi connectivity index (χ1) is 10.0. The summed E-state index contributed by atoms with van der Waals surface area (Å²) >= 11 is 0. The van der Waals surface area contributed by atoms with Gasteiger partial charge in [0.2, 0.25) is 0 Å². The molecule has 0 fully saturated rings. The number of carbonyl (C=O) groups is 2. The van der Waals surface area contributed by atoms with Crippen LogP contribution in [0, 0.1) is 0 Å². The van der Waals surface area contributed by atoms with Gasteiger partial charge >= 0.3 is 11.9 Å². The second-order valence-electron chi connectivity index (χ2n) is 4.71. The maximum absolute atomic E-state index is 10.5. The lowest BCUT2D eigenvalue weighted by atomic mass is 10.1. The van der Waals surface area contributed by atoms with Crippen molar-refractivity contribution < 1.29 is 19.8 Å². The fraction of sp³-hybridized carbons (Fsp3) is 0.500. The molecule has 21 heavy (non-hydrogen) atoms. The molecule has 5 nitrogen and oxygen atoms in total. The number of hydrogen-bond acceptors (Lipinski definition) is 3. The number of carboxylic acids is 2. The van der Waals surface area contributed by atoms with Crippen LogP contribution >= 0.6 is 0 Å². The van der Waals surface area contributed by atoms with Gasteiger partial charge in [-0.2, -0.15) is 0 Å². The van der Waals surface area contributed by atoms with Crippen molar-refractivity contribution in [2.45, 2.75) is 45.4 Å². The predicted molar refractivity (Wildman–Crippen MR) is 82.8 cm³/mol. The Morgan fingerprint density at radius 1 is 0.905 bits per heavy atom. The van der Waals surface area contributed by atoms with E-state index in [4.69, 9.17) is 15.9 Å². The highest BCUT2D eigenvalue weighted by atomic mass is 16.4. The molecule has 0 spiro atoms. The van der Waals surface area contributed by atoms with Crippen LogP contribution in [-0.2, 0) is 0 Å². The Kier molecular flexibility index (Phi) is 10.8. The number of hydrogen-bond donors (Lipinski definition) is 3. The van der Waals surface area contributed by atoms with E-state index in [0.717, 1.165) is 6.54 Å². The summed E-state index contributed by atoms with van der Waals surface area (Å²) in [6.45, 7) is 3.11. The van der Waals surface area contributed by atoms with Crippen LogP contribution in [0.5, 0.6) is 0 Å². The third-order valence-corrected chi connectivity index (χ3v) is 2.95. The summed E-state index contributed by atoms with van der Waals surface area (Å²) in [7, 11) is 0. The molecular formula is C16H25NO4. The van der Waals surface area contributed by atoms with Gasteiger partial charge in [0, 0.05) is 0 Å². The summed E-state index contributed by atoms with van der Waals surface area (Å²) in [4.78, 5) is 20.9. The Balaban J connectivity index is 0.000000400. The van der Waals surface area contributed by atoms with Crippen LogP contribution in [-0.4, -0.2) is 28.7 Å². The van der Waals surface area contributed by atoms with Crippen LogP contribution in [0.3, 0.4) is 0 Å². The van der Waals surface area contributed by atoms with E-state index in [9.17, 15) is 9.59 Å². The van der Waals surface area contributed by atoms with Gasteiger partial charge in [-0.15, -0.1) is 0 Å². The van der Waals surface area contributed by atoms with Gasteiger partial charge in [-0.3, -0.25) is 0 Å². The van der Waals surface area contributed by atoms with Crippen LogP contribution in [0.25, 0.3) is 0 Å². The molecule has 0 aliphatic heterocycles. The van der Waals surface area contributed by atoms with Gasteiger partial charge in [0.05, 0.1) is 11.1 Å². The Labute approximate surface area is 125 Å². The molecule has 1 aromatic carbocycles. The molecule has 118 valence electrons. The second-order valence-corrected chi connectivity index (χ2v) is 4.71. The zero-order valence-corrected chi connectivity index (χ0v) is 12.5. The van der Waals surface area contributed by atoms with E-state index in [-0.39, 0.29) is 11.1 Å². The SMILES string of the molecule is CCCCCCCCN.O=C(O)c1ccccc1C(=O)O. The molecule has 0 aliphatic rings. The Morgan fingerprint density at radius 3 is 1.71 bits per heavy atom. The number of benzene rings is 1. The van der Waals surface area contributed by atoms with Crippen molar-refractivity contribution in [3.63, 3.8) is 0 Å². The Morgan fingerprint density at radius 2 is 1.33 bits per heavy atom. The lowest BCUT2D eigenvalue weighted by Crippen LogP contribution is -2.06. The first-order valence-electron chi connectivity index (χ1n) is 7.30. The number of unbranched alkanes of at least 4 members (excludes halogenated alkanes) is 5. The molecule has 1 rings (SSSR count). The molecule has 0 amide bonds. The predicted octanol–water partition coefficient (Wildman–Crippen LogP) is 3.39. The van der Waals surface area contributed by atoms with Crippen molar-refractivity contribution in [2.75, 3.05) is 6.54 Å². The Hall–Kier alpha value is -1.88. The molecule has 0 saturated carbocycles. The molecule has 5 heteroatoms. The molecular weight excluding hydrogens is 270 g/mol. The number of rotatable bonds is 8. The summed E-state index contributed by atoms with van der Waals surface area (Å²) in [5, 5.41) is 17.1. The van der Waals surface area contributed by atoms with Crippen molar-refractivity contribution >= 4 is 11.9 Å². The highest BCUT2D eigenvalue weighted by molar-refractivity contribution is 6.01. The summed E-state index contributed by atoms with van der Waals surface area (Å²) < 4.78 is 0. The molecule has 0 unspecified atom stereocenters. The van der Waals surface area contributed by atoms with Gasteiger partial charge in [0.25, 0.3) is 0 Å². The van der Waals surface area contributed by atoms with E-state index in [2.05, 4.69) is 6.92 Å². The normalized spacial score (nSPS) is 9.62. The highest BCUT2D eigenvalue weighted by Crippen LogP contribution is 2.07. The smallest absolute Gasteiger partial charge is 0.336 e. The van der Waals surface area contributed by atoms with E-state index in [1.54, 1.807) is 0 Å². The van der Waals surface area contributed by atoms with E-state index >= 15 is 0 Å². The van der Waals surface area contributed by atoms with E-state index in [0.29, 0.717) is 0 Å². The summed E-state index contributed by atoms with van der Waals surface area (Å²) in [5.41, 5.74) is 4.96. The molecule has 0 saturated heterocycles. The van der Waals surface area contributed by atoms with Crippen LogP contribution in [0.15, 0.2) is 24.3 Å². The minimum Gasteiger partial charge on any atom is -0.478 e. The summed E-state index contributed by atoms with van der Waals surface area (Å²) in [6.07, 6.45) is 8.05. The van der Waals surface area contributed by atoms with Crippen molar-refractivity contribution in [2.24, 2.45) is 5.73 Å². The molecule has 0 bridgehead atoms.